The molecule has 2 unspecified atom stereocenters. The first-order valence-electron chi connectivity index (χ1n) is 19.4. The van der Waals surface area contributed by atoms with Crippen molar-refractivity contribution in [3.05, 3.63) is 40.4 Å². The van der Waals surface area contributed by atoms with Crippen LogP contribution in [0.1, 0.15) is 80.1 Å². The Morgan fingerprint density at radius 1 is 0.737 bits per heavy atom. The van der Waals surface area contributed by atoms with E-state index in [9.17, 15) is 28.3 Å². The molecular weight excluding hydrogens is 881 g/mol. The Morgan fingerprint density at radius 2 is 1.11 bits per heavy atom. The van der Waals surface area contributed by atoms with Gasteiger partial charge in [0, 0.05) is 38.0 Å². The lowest BCUT2D eigenvalue weighted by Crippen LogP contribution is -2.43. The van der Waals surface area contributed by atoms with Crippen molar-refractivity contribution in [2.24, 2.45) is 22.7 Å². The maximum atomic E-state index is 12.6. The van der Waals surface area contributed by atoms with Crippen molar-refractivity contribution in [2.45, 2.75) is 91.3 Å². The van der Waals surface area contributed by atoms with Crippen LogP contribution < -0.4 is 16.1 Å². The van der Waals surface area contributed by atoms with Crippen LogP contribution in [0.25, 0.3) is 0 Å². The van der Waals surface area contributed by atoms with E-state index < -0.39 is 26.1 Å². The fourth-order valence-electron chi connectivity index (χ4n) is 7.15. The van der Waals surface area contributed by atoms with E-state index >= 15 is 0 Å². The molecule has 6 rings (SSSR count). The number of hydrogen-bond acceptors (Lipinski definition) is 10. The Bertz CT molecular complexity index is 1820. The summed E-state index contributed by atoms with van der Waals surface area (Å²) >= 11 is 2.13. The number of hydrogen-bond donors (Lipinski definition) is 2. The minimum atomic E-state index is -2.40. The molecule has 0 aromatic carbocycles. The first-order chi connectivity index (χ1) is 26.3. The second-order valence-corrected chi connectivity index (χ2v) is 24.0. The van der Waals surface area contributed by atoms with Crippen LogP contribution >= 0.6 is 37.5 Å². The number of carbonyl (C=O) groups is 4. The zero-order chi connectivity index (χ0) is 42.6. The Hall–Kier alpha value is -3.16. The number of piperidine rings is 2. The summed E-state index contributed by atoms with van der Waals surface area (Å²) in [6.07, 6.45) is 7.81. The summed E-state index contributed by atoms with van der Waals surface area (Å²) in [4.78, 5) is 61.4. The fourth-order valence-corrected chi connectivity index (χ4v) is 8.24. The van der Waals surface area contributed by atoms with E-state index in [2.05, 4.69) is 43.2 Å². The van der Waals surface area contributed by atoms with Gasteiger partial charge in [-0.15, -0.1) is 0 Å². The first kappa shape index (κ1) is 46.5. The Balaban J connectivity index is 0.000000232. The predicted molar refractivity (Wildman–Crippen MR) is 232 cm³/mol. The third-order valence-electron chi connectivity index (χ3n) is 10.4. The topological polar surface area (TPSA) is 177 Å². The van der Waals surface area contributed by atoms with Gasteiger partial charge in [0.05, 0.1) is 29.2 Å². The molecular formula is C40H60IN6O8P2+. The summed E-state index contributed by atoms with van der Waals surface area (Å²) in [5.74, 6) is 0.0640. The van der Waals surface area contributed by atoms with Crippen molar-refractivity contribution in [3.63, 3.8) is 0 Å². The lowest BCUT2D eigenvalue weighted by atomic mass is 9.91. The van der Waals surface area contributed by atoms with Crippen molar-refractivity contribution >= 4 is 78.3 Å². The number of halogens is 1. The second-order valence-electron chi connectivity index (χ2n) is 18.1. The predicted octanol–water partition coefficient (Wildman–Crippen LogP) is 8.04. The summed E-state index contributed by atoms with van der Waals surface area (Å²) in [5, 5.41) is 5.88. The molecule has 0 radical (unpaired) electrons. The molecule has 2 saturated heterocycles. The van der Waals surface area contributed by atoms with Gasteiger partial charge in [0.1, 0.15) is 35.4 Å². The number of aromatic nitrogens is 2. The zero-order valence-corrected chi connectivity index (χ0v) is 39.0. The van der Waals surface area contributed by atoms with E-state index in [1.54, 1.807) is 61.0 Å². The Kier molecular flexibility index (Phi) is 15.0. The summed E-state index contributed by atoms with van der Waals surface area (Å²) in [5.41, 5.74) is 0.992. The van der Waals surface area contributed by atoms with Crippen LogP contribution in [0.5, 0.6) is 0 Å². The normalized spacial score (nSPS) is 20.5. The van der Waals surface area contributed by atoms with E-state index in [0.717, 1.165) is 47.9 Å². The van der Waals surface area contributed by atoms with Crippen LogP contribution in [0.15, 0.2) is 36.7 Å². The molecule has 17 heteroatoms. The number of anilines is 2. The summed E-state index contributed by atoms with van der Waals surface area (Å²) in [7, 11) is -3.27. The zero-order valence-electron chi connectivity index (χ0n) is 35.0. The molecule has 0 bridgehead atoms. The van der Waals surface area contributed by atoms with Gasteiger partial charge < -0.3 is 34.5 Å². The SMILES string of the molecule is CC(C)(C)OC(=O)N1CCC2(CC1)CC2C(=O)Nc1ccc(I)nc1.CC(C)(C)OC(=O)N1CCC2(CC1)CC2C(=O)Nc1ccc(P(C)(C)=O)nc1.C[P+](C)=O. The molecule has 2 spiro atoms. The number of nitrogens with one attached hydrogen (secondary N) is 2. The van der Waals surface area contributed by atoms with Crippen molar-refractivity contribution in [1.82, 2.24) is 19.8 Å². The van der Waals surface area contributed by atoms with Crippen LogP contribution in [0.2, 0.25) is 0 Å². The molecule has 57 heavy (non-hydrogen) atoms. The summed E-state index contributed by atoms with van der Waals surface area (Å²) in [6, 6.07) is 7.20. The molecule has 314 valence electrons. The maximum absolute atomic E-state index is 12.6. The summed E-state index contributed by atoms with van der Waals surface area (Å²) in [6.45, 7) is 20.4. The number of ether oxygens (including phenoxy) is 2. The minimum absolute atomic E-state index is 0.00148. The lowest BCUT2D eigenvalue weighted by Gasteiger charge is -2.34. The molecule has 2 aromatic heterocycles. The average Bonchev–Trinajstić information content (AvgIpc) is 3.99. The van der Waals surface area contributed by atoms with Gasteiger partial charge in [-0.05, 0) is 151 Å². The molecule has 2 aromatic rings. The minimum Gasteiger partial charge on any atom is -0.444 e. The highest BCUT2D eigenvalue weighted by Crippen LogP contribution is 2.60. The van der Waals surface area contributed by atoms with Crippen LogP contribution in [-0.4, -0.2) is 108 Å². The quantitative estimate of drug-likeness (QED) is 0.170. The summed E-state index contributed by atoms with van der Waals surface area (Å²) < 4.78 is 33.4. The largest absolute Gasteiger partial charge is 0.444 e. The van der Waals surface area contributed by atoms with Gasteiger partial charge in [-0.3, -0.25) is 14.6 Å². The van der Waals surface area contributed by atoms with Crippen LogP contribution in [0.4, 0.5) is 21.0 Å². The number of pyridine rings is 2. The number of rotatable bonds is 5. The van der Waals surface area contributed by atoms with Crippen molar-refractivity contribution < 1.29 is 37.8 Å². The first-order valence-corrected chi connectivity index (χ1v) is 25.2. The third-order valence-corrected chi connectivity index (χ3v) is 12.4. The molecule has 2 atom stereocenters. The molecule has 2 saturated carbocycles. The van der Waals surface area contributed by atoms with Crippen molar-refractivity contribution in [3.8, 4) is 0 Å². The van der Waals surface area contributed by atoms with Crippen LogP contribution in [0.3, 0.4) is 0 Å². The van der Waals surface area contributed by atoms with Gasteiger partial charge in [0.25, 0.3) is 0 Å². The smallest absolute Gasteiger partial charge is 0.410 e. The van der Waals surface area contributed by atoms with Gasteiger partial charge in [0.15, 0.2) is 0 Å². The average molecular weight is 942 g/mol. The van der Waals surface area contributed by atoms with E-state index in [1.807, 2.05) is 53.7 Å². The molecule has 2 aliphatic heterocycles. The fraction of sp³-hybridized carbons (Fsp3) is 0.650. The molecule has 2 N–H and O–H groups in total. The Labute approximate surface area is 352 Å². The van der Waals surface area contributed by atoms with Gasteiger partial charge in [0.2, 0.25) is 11.8 Å². The molecule has 14 nitrogen and oxygen atoms in total. The highest BCUT2D eigenvalue weighted by Gasteiger charge is 2.60. The van der Waals surface area contributed by atoms with Gasteiger partial charge in [-0.1, -0.05) is 4.57 Å². The number of carbonyl (C=O) groups excluding carboxylic acids is 4. The molecule has 2 aliphatic carbocycles. The number of amides is 4. The van der Waals surface area contributed by atoms with Gasteiger partial charge in [-0.2, -0.15) is 0 Å². The highest BCUT2D eigenvalue weighted by molar-refractivity contribution is 14.1. The highest BCUT2D eigenvalue weighted by atomic mass is 127. The third kappa shape index (κ3) is 14.0. The second kappa shape index (κ2) is 18.4. The molecule has 4 heterocycles. The lowest BCUT2D eigenvalue weighted by molar-refractivity contribution is -0.119. The van der Waals surface area contributed by atoms with Crippen molar-refractivity contribution in [2.75, 3.05) is 63.5 Å². The molecule has 4 fully saturated rings. The molecule has 4 aliphatic rings. The monoisotopic (exact) mass is 941 g/mol. The number of nitrogens with zero attached hydrogens (tertiary/aromatic N) is 4. The molecule has 4 amide bonds. The van der Waals surface area contributed by atoms with Gasteiger partial charge >= 0.3 is 20.0 Å². The van der Waals surface area contributed by atoms with Crippen molar-refractivity contribution in [1.29, 1.82) is 0 Å². The van der Waals surface area contributed by atoms with E-state index in [-0.39, 0.29) is 46.7 Å². The maximum Gasteiger partial charge on any atom is 0.410 e. The van der Waals surface area contributed by atoms with Gasteiger partial charge in [-0.25, -0.2) is 14.6 Å². The van der Waals surface area contributed by atoms with E-state index in [1.165, 1.54) is 0 Å². The Morgan fingerprint density at radius 3 is 1.40 bits per heavy atom. The van der Waals surface area contributed by atoms with E-state index in [0.29, 0.717) is 37.3 Å². The standard InChI is InChI=1S/C20H30N3O4P.C18H24IN3O3.C2H6OP/c1-19(2,3)27-18(25)23-10-8-20(9-11-23)12-15(20)17(24)22-14-6-7-16(21-13-14)28(4,5)26;1-17(2,3)25-16(24)22-8-6-18(7-9-22)10-13(18)15(23)21-12-4-5-14(19)20-11-12;1-4(2)3/h6-7,13,15H,8-12H2,1-5H3,(H,22,24);4-5,11,13H,6-10H2,1-3H3,(H,21,23);1-2H3/q;;+1. The van der Waals surface area contributed by atoms with E-state index in [4.69, 9.17) is 9.47 Å². The number of likely N-dealkylation sites (tertiary alicyclic amines) is 2. The van der Waals surface area contributed by atoms with Crippen LogP contribution in [0, 0.1) is 26.4 Å². The van der Waals surface area contributed by atoms with Crippen LogP contribution in [-0.2, 0) is 28.2 Å².